The number of nitrogens with two attached hydrogens (primary N) is 1. The summed E-state index contributed by atoms with van der Waals surface area (Å²) >= 11 is -3.77. The smallest absolute Gasteiger partial charge is 0.154 e. The number of rotatable bonds is 16. The van der Waals surface area contributed by atoms with Crippen molar-refractivity contribution in [1.82, 2.24) is 0 Å². The molecule has 0 spiro atoms. The summed E-state index contributed by atoms with van der Waals surface area (Å²) in [5.41, 5.74) is 14.1. The van der Waals surface area contributed by atoms with Gasteiger partial charge in [-0.05, 0) is 18.4 Å². The summed E-state index contributed by atoms with van der Waals surface area (Å²) in [7, 11) is 6.83. The van der Waals surface area contributed by atoms with Crippen molar-refractivity contribution in [3.8, 4) is 0 Å². The van der Waals surface area contributed by atoms with Crippen LogP contribution >= 0.6 is 43.2 Å². The van der Waals surface area contributed by atoms with Crippen molar-refractivity contribution in [2.24, 2.45) is 10.8 Å². The van der Waals surface area contributed by atoms with Crippen LogP contribution in [0.3, 0.4) is 0 Å². The van der Waals surface area contributed by atoms with E-state index in [1.807, 2.05) is 0 Å². The molecule has 0 saturated heterocycles. The third-order valence-corrected chi connectivity index (χ3v) is 8.95. The summed E-state index contributed by atoms with van der Waals surface area (Å²) in [5, 5.41) is 3.52. The first-order valence-corrected chi connectivity index (χ1v) is 14.4. The quantitative estimate of drug-likeness (QED) is 0.0798. The molecule has 14 heteroatoms. The maximum absolute atomic E-state index is 10.7. The molecule has 2 unspecified atom stereocenters. The topological polar surface area (TPSA) is 149 Å². The molecule has 0 aromatic rings. The van der Waals surface area contributed by atoms with Crippen LogP contribution in [0, 0.1) is 0 Å². The van der Waals surface area contributed by atoms with E-state index in [2.05, 4.69) is 10.0 Å². The minimum atomic E-state index is -1.94. The van der Waals surface area contributed by atoms with Crippen LogP contribution in [0.15, 0.2) is 5.11 Å². The fourth-order valence-corrected chi connectivity index (χ4v) is 7.46. The van der Waals surface area contributed by atoms with Gasteiger partial charge in [0.1, 0.15) is 0 Å². The van der Waals surface area contributed by atoms with E-state index in [1.54, 1.807) is 43.2 Å². The lowest BCUT2D eigenvalue weighted by molar-refractivity contribution is 0.552. The third kappa shape index (κ3) is 17.7. The average Bonchev–Trinajstić information content (AvgIpc) is 2.47. The average molecular weight is 455 g/mol. The van der Waals surface area contributed by atoms with Crippen molar-refractivity contribution in [2.45, 2.75) is 24.9 Å². The monoisotopic (exact) mass is 454 g/mol. The molecule has 0 aliphatic heterocycles. The maximum Gasteiger partial charge on any atom is 0.154 e. The molecular weight excluding hydrogens is 433 g/mol. The van der Waals surface area contributed by atoms with Gasteiger partial charge < -0.3 is 14.8 Å². The molecule has 8 nitrogen and oxygen atoms in total. The number of azide groups is 1. The van der Waals surface area contributed by atoms with Gasteiger partial charge in [0.25, 0.3) is 0 Å². The number of hydrogen-bond donors (Lipinski definition) is 3. The molecule has 0 heterocycles. The van der Waals surface area contributed by atoms with Crippen LogP contribution in [0.2, 0.25) is 0 Å². The molecular formula is C10H22N4O4S6. The van der Waals surface area contributed by atoms with Gasteiger partial charge in [-0.25, -0.2) is 8.42 Å². The van der Waals surface area contributed by atoms with Crippen LogP contribution in [0.1, 0.15) is 12.8 Å². The summed E-state index contributed by atoms with van der Waals surface area (Å²) in [6, 6.07) is -0.664. The normalized spacial score (nSPS) is 16.1. The van der Waals surface area contributed by atoms with E-state index in [9.17, 15) is 8.42 Å². The molecule has 0 fully saturated rings. The van der Waals surface area contributed by atoms with Crippen molar-refractivity contribution in [3.05, 3.63) is 10.4 Å². The molecule has 0 aromatic carbocycles. The van der Waals surface area contributed by atoms with Crippen LogP contribution in [0.25, 0.3) is 10.4 Å². The first-order valence-electron chi connectivity index (χ1n) is 6.89. The molecule has 0 radical (unpaired) electrons. The van der Waals surface area contributed by atoms with Gasteiger partial charge in [0, 0.05) is 34.0 Å². The van der Waals surface area contributed by atoms with E-state index < -0.39 is 28.2 Å². The zero-order chi connectivity index (χ0) is 18.2. The number of hydrogen-bond acceptors (Lipinski definition) is 8. The summed E-state index contributed by atoms with van der Waals surface area (Å²) < 4.78 is 38.8. The van der Waals surface area contributed by atoms with E-state index in [1.165, 1.54) is 0 Å². The molecule has 142 valence electrons. The Morgan fingerprint density at radius 1 is 0.958 bits per heavy atom. The Morgan fingerprint density at radius 2 is 1.46 bits per heavy atom. The molecule has 0 rings (SSSR count). The molecule has 0 aromatic heterocycles. The van der Waals surface area contributed by atoms with Crippen LogP contribution in [-0.4, -0.2) is 64.1 Å². The van der Waals surface area contributed by atoms with Crippen molar-refractivity contribution >= 4 is 65.3 Å². The Morgan fingerprint density at radius 3 is 1.96 bits per heavy atom. The van der Waals surface area contributed by atoms with Crippen LogP contribution < -0.4 is 5.73 Å². The second-order valence-electron chi connectivity index (χ2n) is 4.46. The highest BCUT2D eigenvalue weighted by Gasteiger charge is 2.10. The van der Waals surface area contributed by atoms with Crippen LogP contribution in [0.5, 0.6) is 0 Å². The second-order valence-corrected chi connectivity index (χ2v) is 11.8. The van der Waals surface area contributed by atoms with E-state index in [0.717, 1.165) is 29.4 Å². The minimum Gasteiger partial charge on any atom is -0.327 e. The molecule has 0 saturated carbocycles. The van der Waals surface area contributed by atoms with Gasteiger partial charge in [-0.2, -0.15) is 0 Å². The minimum absolute atomic E-state index is 0.0201. The molecule has 4 N–H and O–H groups in total. The lowest BCUT2D eigenvalue weighted by Gasteiger charge is -2.08. The predicted molar refractivity (Wildman–Crippen MR) is 111 cm³/mol. The lowest BCUT2D eigenvalue weighted by atomic mass is 10.3. The summed E-state index contributed by atoms with van der Waals surface area (Å²) in [6.45, 7) is 0. The zero-order valence-electron chi connectivity index (χ0n) is 12.9. The zero-order valence-corrected chi connectivity index (χ0v) is 17.8. The summed E-state index contributed by atoms with van der Waals surface area (Å²) in [4.78, 5) is 2.69. The molecule has 0 bridgehead atoms. The third-order valence-electron chi connectivity index (χ3n) is 2.43. The first kappa shape index (κ1) is 24.9. The van der Waals surface area contributed by atoms with Gasteiger partial charge in [-0.15, -0.1) is 0 Å². The van der Waals surface area contributed by atoms with Gasteiger partial charge in [-0.3, -0.25) is 0 Å². The van der Waals surface area contributed by atoms with Crippen molar-refractivity contribution in [3.63, 3.8) is 0 Å². The largest absolute Gasteiger partial charge is 0.327 e. The first-order chi connectivity index (χ1) is 11.5. The predicted octanol–water partition coefficient (Wildman–Crippen LogP) is 2.98. The SMILES string of the molecule is [N-]=[N+]=N[C@H](CCSSCCSSCC[C@@H](N)CS(=O)O)CS(=O)O. The lowest BCUT2D eigenvalue weighted by Crippen LogP contribution is -2.27. The van der Waals surface area contributed by atoms with Crippen molar-refractivity contribution in [1.29, 1.82) is 0 Å². The Balaban J connectivity index is 3.45. The molecule has 0 aliphatic carbocycles. The van der Waals surface area contributed by atoms with E-state index in [0.29, 0.717) is 6.42 Å². The van der Waals surface area contributed by atoms with E-state index >= 15 is 0 Å². The molecule has 0 aliphatic rings. The van der Waals surface area contributed by atoms with Crippen LogP contribution in [-0.2, 0) is 22.2 Å². The van der Waals surface area contributed by atoms with E-state index in [-0.39, 0.29) is 17.5 Å². The fourth-order valence-electron chi connectivity index (χ4n) is 1.37. The van der Waals surface area contributed by atoms with Crippen molar-refractivity contribution in [2.75, 3.05) is 34.5 Å². The Labute approximate surface area is 163 Å². The van der Waals surface area contributed by atoms with Gasteiger partial charge in [0.15, 0.2) is 22.2 Å². The molecule has 0 amide bonds. The molecule has 4 atom stereocenters. The highest BCUT2D eigenvalue weighted by Crippen LogP contribution is 2.28. The van der Waals surface area contributed by atoms with Crippen LogP contribution in [0.4, 0.5) is 0 Å². The summed E-state index contributed by atoms with van der Waals surface area (Å²) in [5.74, 6) is 3.66. The molecule has 24 heavy (non-hydrogen) atoms. The van der Waals surface area contributed by atoms with Gasteiger partial charge in [0.05, 0.1) is 17.5 Å². The van der Waals surface area contributed by atoms with Crippen molar-refractivity contribution < 1.29 is 17.5 Å². The van der Waals surface area contributed by atoms with E-state index in [4.69, 9.17) is 20.4 Å². The highest BCUT2D eigenvalue weighted by atomic mass is 33.1. The standard InChI is InChI=1S/C10H22N4O4S6/c11-9(7-23(15)16)1-3-19-21-5-6-22-20-4-2-10(13-14-12)8-24(17)18/h9-10H,1-8,11H2,(H,15,16)(H,17,18)/t9-,10-/m1/s1. The van der Waals surface area contributed by atoms with Gasteiger partial charge in [0.2, 0.25) is 0 Å². The Bertz CT molecular complexity index is 426. The maximum atomic E-state index is 10.7. The Hall–Kier alpha value is 0.890. The second kappa shape index (κ2) is 17.3. The fraction of sp³-hybridized carbons (Fsp3) is 1.00. The Kier molecular flexibility index (Phi) is 18.0. The summed E-state index contributed by atoms with van der Waals surface area (Å²) in [6.07, 6.45) is 1.30. The van der Waals surface area contributed by atoms with Gasteiger partial charge in [-0.1, -0.05) is 48.3 Å². The number of nitrogens with zero attached hydrogens (tertiary/aromatic N) is 3. The van der Waals surface area contributed by atoms with Gasteiger partial charge >= 0.3 is 0 Å². The highest BCUT2D eigenvalue weighted by molar-refractivity contribution is 8.78.